The highest BCUT2D eigenvalue weighted by Crippen LogP contribution is 2.29. The number of hydrogen-bond acceptors (Lipinski definition) is 6. The van der Waals surface area contributed by atoms with Crippen LogP contribution < -0.4 is 10.1 Å². The standard InChI is InChI=1S/C19H17ClFN3O2S2/c1-11-7-15(8-12(2)17(11)20)26-9-16(25)22-18-23-24-19(28-18)27-10-13-3-5-14(21)6-4-13/h3-8H,9-10H2,1-2H3,(H,22,23,25). The smallest absolute Gasteiger partial charge is 0.264 e. The monoisotopic (exact) mass is 437 g/mol. The van der Waals surface area contributed by atoms with Crippen molar-refractivity contribution in [2.75, 3.05) is 11.9 Å². The fourth-order valence-corrected chi connectivity index (χ4v) is 4.17. The van der Waals surface area contributed by atoms with Crippen molar-refractivity contribution in [3.8, 4) is 5.75 Å². The molecule has 146 valence electrons. The summed E-state index contributed by atoms with van der Waals surface area (Å²) in [7, 11) is 0. The normalized spacial score (nSPS) is 10.7. The molecule has 1 amide bonds. The second-order valence-electron chi connectivity index (χ2n) is 6.00. The molecule has 0 aliphatic carbocycles. The van der Waals surface area contributed by atoms with Gasteiger partial charge in [0.2, 0.25) is 5.13 Å². The number of carbonyl (C=O) groups excluding carboxylic acids is 1. The fourth-order valence-electron chi connectivity index (χ4n) is 2.34. The number of thioether (sulfide) groups is 1. The summed E-state index contributed by atoms with van der Waals surface area (Å²) in [5.74, 6) is 0.640. The Hall–Kier alpha value is -2.16. The fraction of sp³-hybridized carbons (Fsp3) is 0.211. The Labute approximate surface area is 175 Å². The SMILES string of the molecule is Cc1cc(OCC(=O)Nc2nnc(SCc3ccc(F)cc3)s2)cc(C)c1Cl. The highest BCUT2D eigenvalue weighted by atomic mass is 35.5. The summed E-state index contributed by atoms with van der Waals surface area (Å²) >= 11 is 8.87. The highest BCUT2D eigenvalue weighted by molar-refractivity contribution is 8.00. The van der Waals surface area contributed by atoms with Crippen LogP contribution in [0.3, 0.4) is 0 Å². The molecule has 0 bridgehead atoms. The number of rotatable bonds is 7. The predicted octanol–water partition coefficient (Wildman–Crippen LogP) is 5.26. The van der Waals surface area contributed by atoms with Crippen molar-refractivity contribution >= 4 is 45.7 Å². The average Bonchev–Trinajstić information content (AvgIpc) is 3.11. The van der Waals surface area contributed by atoms with Crippen LogP contribution in [0, 0.1) is 19.7 Å². The van der Waals surface area contributed by atoms with Crippen LogP contribution in [-0.2, 0) is 10.5 Å². The first kappa shape index (κ1) is 20.6. The highest BCUT2D eigenvalue weighted by Gasteiger charge is 2.11. The van der Waals surface area contributed by atoms with Crippen molar-refractivity contribution in [3.05, 3.63) is 63.9 Å². The van der Waals surface area contributed by atoms with Crippen LogP contribution in [-0.4, -0.2) is 22.7 Å². The summed E-state index contributed by atoms with van der Waals surface area (Å²) in [6.07, 6.45) is 0. The third kappa shape index (κ3) is 5.67. The third-order valence-electron chi connectivity index (χ3n) is 3.71. The van der Waals surface area contributed by atoms with Crippen LogP contribution in [0.2, 0.25) is 5.02 Å². The number of carbonyl (C=O) groups is 1. The molecule has 0 unspecified atom stereocenters. The van der Waals surface area contributed by atoms with E-state index in [4.69, 9.17) is 16.3 Å². The van der Waals surface area contributed by atoms with Gasteiger partial charge < -0.3 is 4.74 Å². The van der Waals surface area contributed by atoms with Crippen LogP contribution in [0.5, 0.6) is 5.75 Å². The molecule has 5 nitrogen and oxygen atoms in total. The Morgan fingerprint density at radius 1 is 1.21 bits per heavy atom. The van der Waals surface area contributed by atoms with Crippen molar-refractivity contribution in [1.29, 1.82) is 0 Å². The topological polar surface area (TPSA) is 64.1 Å². The minimum Gasteiger partial charge on any atom is -0.484 e. The number of aryl methyl sites for hydroxylation is 2. The molecule has 1 heterocycles. The number of amides is 1. The lowest BCUT2D eigenvalue weighted by molar-refractivity contribution is -0.118. The zero-order chi connectivity index (χ0) is 20.1. The van der Waals surface area contributed by atoms with Gasteiger partial charge in [-0.25, -0.2) is 4.39 Å². The molecular formula is C19H17ClFN3O2S2. The minimum absolute atomic E-state index is 0.141. The molecule has 1 N–H and O–H groups in total. The molecule has 28 heavy (non-hydrogen) atoms. The summed E-state index contributed by atoms with van der Waals surface area (Å²) in [5.41, 5.74) is 2.77. The van der Waals surface area contributed by atoms with Gasteiger partial charge in [-0.1, -0.05) is 46.8 Å². The summed E-state index contributed by atoms with van der Waals surface area (Å²) in [5, 5.41) is 11.8. The first-order valence-electron chi connectivity index (χ1n) is 8.31. The molecule has 0 aliphatic heterocycles. The van der Waals surface area contributed by atoms with Gasteiger partial charge in [0.25, 0.3) is 5.91 Å². The molecule has 3 aromatic rings. The Balaban J connectivity index is 1.49. The van der Waals surface area contributed by atoms with Gasteiger partial charge in [-0.3, -0.25) is 10.1 Å². The van der Waals surface area contributed by atoms with Crippen molar-refractivity contribution in [1.82, 2.24) is 10.2 Å². The minimum atomic E-state index is -0.323. The lowest BCUT2D eigenvalue weighted by Gasteiger charge is -2.09. The van der Waals surface area contributed by atoms with E-state index in [1.165, 1.54) is 35.2 Å². The second kappa shape index (κ2) is 9.36. The largest absolute Gasteiger partial charge is 0.484 e. The molecule has 0 fully saturated rings. The van der Waals surface area contributed by atoms with Gasteiger partial charge >= 0.3 is 0 Å². The zero-order valence-electron chi connectivity index (χ0n) is 15.2. The molecule has 0 spiro atoms. The number of benzene rings is 2. The van der Waals surface area contributed by atoms with Crippen LogP contribution in [0.1, 0.15) is 16.7 Å². The maximum Gasteiger partial charge on any atom is 0.264 e. The van der Waals surface area contributed by atoms with E-state index in [0.29, 0.717) is 26.0 Å². The van der Waals surface area contributed by atoms with E-state index in [1.54, 1.807) is 24.3 Å². The Bertz CT molecular complexity index is 957. The number of halogens is 2. The summed E-state index contributed by atoms with van der Waals surface area (Å²) < 4.78 is 19.2. The van der Waals surface area contributed by atoms with Crippen molar-refractivity contribution in [2.24, 2.45) is 0 Å². The molecule has 0 saturated carbocycles. The van der Waals surface area contributed by atoms with E-state index >= 15 is 0 Å². The number of nitrogens with one attached hydrogen (secondary N) is 1. The maximum absolute atomic E-state index is 12.9. The molecule has 3 rings (SSSR count). The molecule has 1 aromatic heterocycles. The molecule has 0 radical (unpaired) electrons. The molecule has 2 aromatic carbocycles. The maximum atomic E-state index is 12.9. The zero-order valence-corrected chi connectivity index (χ0v) is 17.6. The molecule has 9 heteroatoms. The van der Waals surface area contributed by atoms with E-state index in [1.807, 2.05) is 13.8 Å². The Kier molecular flexibility index (Phi) is 6.88. The van der Waals surface area contributed by atoms with Gasteiger partial charge in [0.1, 0.15) is 11.6 Å². The van der Waals surface area contributed by atoms with Crippen molar-refractivity contribution in [3.63, 3.8) is 0 Å². The van der Waals surface area contributed by atoms with Gasteiger partial charge in [-0.15, -0.1) is 10.2 Å². The number of nitrogens with zero attached hydrogens (tertiary/aromatic N) is 2. The van der Waals surface area contributed by atoms with Crippen molar-refractivity contribution in [2.45, 2.75) is 23.9 Å². The average molecular weight is 438 g/mol. The number of anilines is 1. The number of aromatic nitrogens is 2. The molecular weight excluding hydrogens is 421 g/mol. The third-order valence-corrected chi connectivity index (χ3v) is 6.35. The van der Waals surface area contributed by atoms with Gasteiger partial charge in [0.05, 0.1) is 0 Å². The lowest BCUT2D eigenvalue weighted by atomic mass is 10.1. The number of hydrogen-bond donors (Lipinski definition) is 1. The van der Waals surface area contributed by atoms with E-state index in [-0.39, 0.29) is 18.3 Å². The first-order valence-corrected chi connectivity index (χ1v) is 10.5. The lowest BCUT2D eigenvalue weighted by Crippen LogP contribution is -2.20. The van der Waals surface area contributed by atoms with Gasteiger partial charge in [0, 0.05) is 10.8 Å². The van der Waals surface area contributed by atoms with E-state index in [0.717, 1.165) is 16.7 Å². The predicted molar refractivity (Wildman–Crippen MR) is 111 cm³/mol. The molecule has 0 atom stereocenters. The summed E-state index contributed by atoms with van der Waals surface area (Å²) in [6.45, 7) is 3.63. The second-order valence-corrected chi connectivity index (χ2v) is 8.57. The van der Waals surface area contributed by atoms with E-state index in [9.17, 15) is 9.18 Å². The van der Waals surface area contributed by atoms with Crippen molar-refractivity contribution < 1.29 is 13.9 Å². The molecule has 0 saturated heterocycles. The number of ether oxygens (including phenoxy) is 1. The van der Waals surface area contributed by atoms with E-state index < -0.39 is 0 Å². The first-order chi connectivity index (χ1) is 13.4. The molecule has 0 aliphatic rings. The van der Waals surface area contributed by atoms with Gasteiger partial charge in [-0.2, -0.15) is 0 Å². The Morgan fingerprint density at radius 3 is 2.57 bits per heavy atom. The van der Waals surface area contributed by atoms with Crippen LogP contribution in [0.25, 0.3) is 0 Å². The van der Waals surface area contributed by atoms with Gasteiger partial charge in [0.15, 0.2) is 10.9 Å². The Morgan fingerprint density at radius 2 is 1.89 bits per heavy atom. The summed E-state index contributed by atoms with van der Waals surface area (Å²) in [6, 6.07) is 9.87. The van der Waals surface area contributed by atoms with Crippen LogP contribution in [0.4, 0.5) is 9.52 Å². The summed E-state index contributed by atoms with van der Waals surface area (Å²) in [4.78, 5) is 12.1. The van der Waals surface area contributed by atoms with Gasteiger partial charge in [-0.05, 0) is 54.8 Å². The quantitative estimate of drug-likeness (QED) is 0.403. The van der Waals surface area contributed by atoms with Crippen LogP contribution >= 0.6 is 34.7 Å². The van der Waals surface area contributed by atoms with E-state index in [2.05, 4.69) is 15.5 Å². The van der Waals surface area contributed by atoms with Crippen LogP contribution in [0.15, 0.2) is 40.7 Å².